The fourth-order valence-electron chi connectivity index (χ4n) is 5.37. The van der Waals surface area contributed by atoms with Crippen molar-refractivity contribution in [3.8, 4) is 11.5 Å². The van der Waals surface area contributed by atoms with Gasteiger partial charge < -0.3 is 29.7 Å². The number of carbonyl (C=O) groups excluding carboxylic acids is 1. The summed E-state index contributed by atoms with van der Waals surface area (Å²) in [7, 11) is 0. The van der Waals surface area contributed by atoms with Crippen LogP contribution in [0.15, 0.2) is 24.3 Å². The van der Waals surface area contributed by atoms with E-state index in [0.717, 1.165) is 29.3 Å². The van der Waals surface area contributed by atoms with Gasteiger partial charge in [-0.2, -0.15) is 0 Å². The zero-order valence-corrected chi connectivity index (χ0v) is 20.0. The Morgan fingerprint density at radius 3 is 2.60 bits per heavy atom. The average Bonchev–Trinajstić information content (AvgIpc) is 3.39. The van der Waals surface area contributed by atoms with Crippen molar-refractivity contribution in [2.45, 2.75) is 44.6 Å². The van der Waals surface area contributed by atoms with Crippen LogP contribution in [0.3, 0.4) is 0 Å². The fraction of sp³-hybridized carbons (Fsp3) is 0.481. The summed E-state index contributed by atoms with van der Waals surface area (Å²) < 4.78 is 17.4. The molecule has 2 aliphatic heterocycles. The number of nitrogens with one attached hydrogen (secondary N) is 2. The highest BCUT2D eigenvalue weighted by Gasteiger charge is 2.28. The third-order valence-electron chi connectivity index (χ3n) is 7.18. The molecule has 1 amide bonds. The van der Waals surface area contributed by atoms with Gasteiger partial charge in [-0.1, -0.05) is 31.4 Å². The molecule has 3 heterocycles. The lowest BCUT2D eigenvalue weighted by Crippen LogP contribution is -2.41. The van der Waals surface area contributed by atoms with Gasteiger partial charge in [0, 0.05) is 42.9 Å². The van der Waals surface area contributed by atoms with Crippen LogP contribution in [-0.4, -0.2) is 61.3 Å². The minimum absolute atomic E-state index is 0.0534. The summed E-state index contributed by atoms with van der Waals surface area (Å²) in [5.74, 6) is 1.77. The quantitative estimate of drug-likeness (QED) is 0.662. The molecule has 6 rings (SSSR count). The lowest BCUT2D eigenvalue weighted by Gasteiger charge is -2.29. The number of hydrogen-bond donors (Lipinski definition) is 2. The zero-order chi connectivity index (χ0) is 23.6. The van der Waals surface area contributed by atoms with Gasteiger partial charge in [-0.3, -0.25) is 4.79 Å². The van der Waals surface area contributed by atoms with E-state index in [2.05, 4.69) is 28.9 Å². The van der Waals surface area contributed by atoms with Crippen LogP contribution in [0.25, 0.3) is 6.08 Å². The Morgan fingerprint density at radius 2 is 1.77 bits per heavy atom. The summed E-state index contributed by atoms with van der Waals surface area (Å²) in [4.78, 5) is 19.9. The van der Waals surface area contributed by atoms with Crippen LogP contribution in [0, 0.1) is 0 Å². The van der Waals surface area contributed by atoms with Crippen molar-refractivity contribution in [2.75, 3.05) is 50.2 Å². The van der Waals surface area contributed by atoms with E-state index in [1.165, 1.54) is 37.7 Å². The summed E-state index contributed by atoms with van der Waals surface area (Å²) in [5, 5.41) is 7.24. The average molecular weight is 477 g/mol. The van der Waals surface area contributed by atoms with Crippen molar-refractivity contribution < 1.29 is 19.0 Å². The van der Waals surface area contributed by atoms with E-state index in [1.807, 2.05) is 17.0 Å². The lowest BCUT2D eigenvalue weighted by atomic mass is 9.95. The van der Waals surface area contributed by atoms with Crippen LogP contribution in [0.2, 0.25) is 0 Å². The summed E-state index contributed by atoms with van der Waals surface area (Å²) in [6.45, 7) is 3.13. The highest BCUT2D eigenvalue weighted by molar-refractivity contribution is 5.99. The minimum Gasteiger partial charge on any atom is -0.485 e. The Morgan fingerprint density at radius 1 is 0.971 bits per heavy atom. The summed E-state index contributed by atoms with van der Waals surface area (Å²) >= 11 is 0. The number of allylic oxidation sites excluding steroid dienone is 1. The number of benzene rings is 1. The number of fused-ring (bicyclic) bond motifs is 2. The minimum atomic E-state index is -0.0534. The lowest BCUT2D eigenvalue weighted by molar-refractivity contribution is 0.0298. The largest absolute Gasteiger partial charge is 0.485 e. The number of nitrogens with zero attached hydrogens (tertiary/aromatic N) is 2. The number of hydrogen-bond acceptors (Lipinski definition) is 7. The third kappa shape index (κ3) is 4.55. The van der Waals surface area contributed by atoms with Crippen LogP contribution in [0.4, 0.5) is 17.2 Å². The molecular formula is C27H32N4O4. The van der Waals surface area contributed by atoms with Crippen LogP contribution >= 0.6 is 0 Å². The maximum Gasteiger partial charge on any atom is 0.257 e. The number of ether oxygens (including phenoxy) is 3. The molecule has 2 aromatic rings. The second-order valence-electron chi connectivity index (χ2n) is 9.55. The normalized spacial score (nSPS) is 19.4. The van der Waals surface area contributed by atoms with Crippen molar-refractivity contribution in [1.29, 1.82) is 0 Å². The maximum atomic E-state index is 13.2. The number of morpholine rings is 1. The molecule has 0 unspecified atom stereocenters. The van der Waals surface area contributed by atoms with Gasteiger partial charge in [0.2, 0.25) is 0 Å². The van der Waals surface area contributed by atoms with Crippen molar-refractivity contribution in [3.05, 3.63) is 41.1 Å². The standard InChI is InChI=1S/C27H32N4O4/c32-27(31-11-13-33-14-12-31)20-9-10-22(26-25(20)34-15-16-35-26)30-24-17-23(19-7-4-8-21(19)29-24)28-18-5-2-1-3-6-18/h4,7,9-10,17-18H,1-3,5-6,8,11-16H2,(H2,28,29,30). The summed E-state index contributed by atoms with van der Waals surface area (Å²) in [6.07, 6.45) is 11.5. The van der Waals surface area contributed by atoms with Crippen molar-refractivity contribution in [2.24, 2.45) is 0 Å². The molecule has 1 aromatic carbocycles. The molecule has 8 nitrogen and oxygen atoms in total. The first-order valence-electron chi connectivity index (χ1n) is 12.8. The van der Waals surface area contributed by atoms with E-state index in [1.54, 1.807) is 0 Å². The molecule has 184 valence electrons. The van der Waals surface area contributed by atoms with E-state index in [9.17, 15) is 4.79 Å². The molecule has 8 heteroatoms. The number of anilines is 3. The van der Waals surface area contributed by atoms with Gasteiger partial charge in [0.15, 0.2) is 11.5 Å². The molecule has 1 aromatic heterocycles. The monoisotopic (exact) mass is 476 g/mol. The van der Waals surface area contributed by atoms with Crippen LogP contribution in [-0.2, 0) is 11.2 Å². The van der Waals surface area contributed by atoms with E-state index in [-0.39, 0.29) is 5.91 Å². The molecule has 1 saturated heterocycles. The molecule has 0 bridgehead atoms. The second-order valence-corrected chi connectivity index (χ2v) is 9.55. The maximum absolute atomic E-state index is 13.2. The highest BCUT2D eigenvalue weighted by atomic mass is 16.6. The first-order chi connectivity index (χ1) is 17.3. The second kappa shape index (κ2) is 9.77. The molecule has 1 saturated carbocycles. The van der Waals surface area contributed by atoms with Gasteiger partial charge in [0.1, 0.15) is 19.0 Å². The Hall–Kier alpha value is -3.26. The van der Waals surface area contributed by atoms with E-state index >= 15 is 0 Å². The fourth-order valence-corrected chi connectivity index (χ4v) is 5.37. The molecule has 0 radical (unpaired) electrons. The van der Waals surface area contributed by atoms with Crippen molar-refractivity contribution >= 4 is 29.2 Å². The van der Waals surface area contributed by atoms with Gasteiger partial charge in [0.25, 0.3) is 5.91 Å². The molecular weight excluding hydrogens is 444 g/mol. The molecule has 0 atom stereocenters. The first-order valence-corrected chi connectivity index (χ1v) is 12.8. The molecule has 2 fully saturated rings. The zero-order valence-electron chi connectivity index (χ0n) is 20.0. The Bertz CT molecular complexity index is 1140. The van der Waals surface area contributed by atoms with Gasteiger partial charge in [-0.15, -0.1) is 0 Å². The molecule has 35 heavy (non-hydrogen) atoms. The van der Waals surface area contributed by atoms with Gasteiger partial charge in [-0.05, 0) is 25.0 Å². The molecule has 2 N–H and O–H groups in total. The Kier molecular flexibility index (Phi) is 6.21. The number of aromatic nitrogens is 1. The smallest absolute Gasteiger partial charge is 0.257 e. The van der Waals surface area contributed by atoms with Crippen molar-refractivity contribution in [3.63, 3.8) is 0 Å². The summed E-state index contributed by atoms with van der Waals surface area (Å²) in [5.41, 5.74) is 4.66. The third-order valence-corrected chi connectivity index (χ3v) is 7.18. The highest BCUT2D eigenvalue weighted by Crippen LogP contribution is 2.43. The topological polar surface area (TPSA) is 85.0 Å². The van der Waals surface area contributed by atoms with Crippen molar-refractivity contribution in [1.82, 2.24) is 9.88 Å². The van der Waals surface area contributed by atoms with E-state index in [4.69, 9.17) is 19.2 Å². The Labute approximate surface area is 205 Å². The molecule has 4 aliphatic rings. The first kappa shape index (κ1) is 22.2. The predicted octanol–water partition coefficient (Wildman–Crippen LogP) is 4.38. The van der Waals surface area contributed by atoms with E-state index in [0.29, 0.717) is 62.6 Å². The van der Waals surface area contributed by atoms with Crippen LogP contribution in [0.1, 0.15) is 53.7 Å². The van der Waals surface area contributed by atoms with Crippen LogP contribution < -0.4 is 20.1 Å². The summed E-state index contributed by atoms with van der Waals surface area (Å²) in [6, 6.07) is 6.31. The molecule has 2 aliphatic carbocycles. The van der Waals surface area contributed by atoms with Gasteiger partial charge in [0.05, 0.1) is 30.2 Å². The van der Waals surface area contributed by atoms with Crippen LogP contribution in [0.5, 0.6) is 11.5 Å². The number of amides is 1. The number of pyridine rings is 1. The molecule has 0 spiro atoms. The number of rotatable bonds is 5. The SMILES string of the molecule is O=C(c1ccc(Nc2cc(NC3CCCCC3)c3c(n2)CC=C3)c2c1OCCO2)N1CCOCC1. The van der Waals surface area contributed by atoms with E-state index < -0.39 is 0 Å². The van der Waals surface area contributed by atoms with Gasteiger partial charge >= 0.3 is 0 Å². The number of carbonyl (C=O) groups is 1. The Balaban J connectivity index is 1.29. The van der Waals surface area contributed by atoms with Gasteiger partial charge in [-0.25, -0.2) is 4.98 Å². The predicted molar refractivity (Wildman–Crippen MR) is 135 cm³/mol.